The number of hydrogen-bond donors (Lipinski definition) is 1. The van der Waals surface area contributed by atoms with E-state index in [2.05, 4.69) is 76.2 Å². The molecule has 0 aliphatic carbocycles. The Bertz CT molecular complexity index is 1500. The van der Waals surface area contributed by atoms with E-state index in [-0.39, 0.29) is 17.1 Å². The zero-order chi connectivity index (χ0) is 27.0. The van der Waals surface area contributed by atoms with Crippen molar-refractivity contribution in [3.63, 3.8) is 0 Å². The number of hydrogen-bond acceptors (Lipinski definition) is 7. The number of pyridine rings is 1. The maximum Gasteiger partial charge on any atom is 0.253 e. The molecule has 200 valence electrons. The number of ether oxygens (including phenoxy) is 1. The van der Waals surface area contributed by atoms with Crippen molar-refractivity contribution in [1.29, 1.82) is 0 Å². The first-order valence-corrected chi connectivity index (χ1v) is 13.3. The van der Waals surface area contributed by atoms with Gasteiger partial charge in [-0.3, -0.25) is 9.69 Å². The average molecular weight is 516 g/mol. The van der Waals surface area contributed by atoms with E-state index in [0.717, 1.165) is 66.1 Å². The molecule has 1 aliphatic rings. The summed E-state index contributed by atoms with van der Waals surface area (Å²) >= 11 is 0. The minimum absolute atomic E-state index is 0.106. The molecule has 3 heterocycles. The maximum absolute atomic E-state index is 13.7. The van der Waals surface area contributed by atoms with Crippen molar-refractivity contribution in [3.05, 3.63) is 75.3 Å². The van der Waals surface area contributed by atoms with Gasteiger partial charge in [0, 0.05) is 31.7 Å². The molecule has 1 N–H and O–H groups in total. The quantitative estimate of drug-likeness (QED) is 0.394. The summed E-state index contributed by atoms with van der Waals surface area (Å²) < 4.78 is 7.51. The van der Waals surface area contributed by atoms with Crippen LogP contribution in [0.1, 0.15) is 55.7 Å². The van der Waals surface area contributed by atoms with E-state index < -0.39 is 0 Å². The van der Waals surface area contributed by atoms with Gasteiger partial charge in [-0.1, -0.05) is 30.7 Å². The van der Waals surface area contributed by atoms with Crippen molar-refractivity contribution >= 4 is 16.6 Å². The van der Waals surface area contributed by atoms with Crippen molar-refractivity contribution in [1.82, 2.24) is 30.1 Å². The molecule has 1 atom stereocenters. The summed E-state index contributed by atoms with van der Waals surface area (Å²) in [6.07, 6.45) is 0.853. The van der Waals surface area contributed by atoms with Gasteiger partial charge in [0.2, 0.25) is 0 Å². The predicted octanol–water partition coefficient (Wildman–Crippen LogP) is 4.20. The van der Waals surface area contributed by atoms with E-state index in [9.17, 15) is 4.79 Å². The van der Waals surface area contributed by atoms with Crippen molar-refractivity contribution in [2.75, 3.05) is 38.2 Å². The lowest BCUT2D eigenvalue weighted by molar-refractivity contribution is 0.186. The van der Waals surface area contributed by atoms with Crippen molar-refractivity contribution < 1.29 is 4.74 Å². The van der Waals surface area contributed by atoms with Gasteiger partial charge >= 0.3 is 0 Å². The van der Waals surface area contributed by atoms with Gasteiger partial charge in [0.25, 0.3) is 5.56 Å². The third-order valence-electron chi connectivity index (χ3n) is 7.90. The lowest BCUT2D eigenvalue weighted by Gasteiger charge is -2.40. The second kappa shape index (κ2) is 10.2. The minimum atomic E-state index is -0.385. The SMILES string of the molecule is CCC(C)(C)n1nnnc1[C@@H](c1cc2cc(C)cc(C)c2[nH]c1=O)N1CCN(c2ccccc2OC)CC1. The van der Waals surface area contributed by atoms with Crippen molar-refractivity contribution in [2.45, 2.75) is 52.6 Å². The average Bonchev–Trinajstić information content (AvgIpc) is 3.40. The van der Waals surface area contributed by atoms with E-state index in [4.69, 9.17) is 4.74 Å². The van der Waals surface area contributed by atoms with Crippen LogP contribution in [0.3, 0.4) is 0 Å². The Kier molecular flexibility index (Phi) is 6.96. The van der Waals surface area contributed by atoms with Crippen LogP contribution >= 0.6 is 0 Å². The molecule has 5 rings (SSSR count). The number of benzene rings is 2. The lowest BCUT2D eigenvalue weighted by atomic mass is 9.98. The molecular weight excluding hydrogens is 478 g/mol. The molecule has 0 spiro atoms. The molecular formula is C29H37N7O2. The molecule has 38 heavy (non-hydrogen) atoms. The summed E-state index contributed by atoms with van der Waals surface area (Å²) in [5.41, 5.74) is 4.43. The molecule has 9 nitrogen and oxygen atoms in total. The fraction of sp³-hybridized carbons (Fsp3) is 0.448. The second-order valence-electron chi connectivity index (χ2n) is 10.8. The van der Waals surface area contributed by atoms with Crippen molar-refractivity contribution in [3.8, 4) is 5.75 Å². The second-order valence-corrected chi connectivity index (χ2v) is 10.8. The number of piperazine rings is 1. The molecule has 0 bridgehead atoms. The number of para-hydroxylation sites is 2. The first-order valence-electron chi connectivity index (χ1n) is 13.3. The summed E-state index contributed by atoms with van der Waals surface area (Å²) in [5, 5.41) is 14.0. The number of H-pyrrole nitrogens is 1. The van der Waals surface area contributed by atoms with E-state index in [1.165, 1.54) is 0 Å². The normalized spacial score (nSPS) is 15.7. The Morgan fingerprint density at radius 2 is 1.82 bits per heavy atom. The van der Waals surface area contributed by atoms with Crippen molar-refractivity contribution in [2.24, 2.45) is 0 Å². The number of tetrazole rings is 1. The highest BCUT2D eigenvalue weighted by Gasteiger charge is 2.36. The Morgan fingerprint density at radius 1 is 1.08 bits per heavy atom. The van der Waals surface area contributed by atoms with Gasteiger partial charge in [0.15, 0.2) is 5.82 Å². The molecule has 9 heteroatoms. The minimum Gasteiger partial charge on any atom is -0.495 e. The summed E-state index contributed by atoms with van der Waals surface area (Å²) in [4.78, 5) is 21.5. The van der Waals surface area contributed by atoms with E-state index in [1.807, 2.05) is 35.9 Å². The smallest absolute Gasteiger partial charge is 0.253 e. The third-order valence-corrected chi connectivity index (χ3v) is 7.90. The molecule has 0 unspecified atom stereocenters. The highest BCUT2D eigenvalue weighted by atomic mass is 16.5. The monoisotopic (exact) mass is 515 g/mol. The molecule has 2 aromatic carbocycles. The number of aromatic nitrogens is 5. The van der Waals surface area contributed by atoms with Gasteiger partial charge in [0.05, 0.1) is 23.9 Å². The fourth-order valence-corrected chi connectivity index (χ4v) is 5.46. The van der Waals surface area contributed by atoms with E-state index >= 15 is 0 Å². The van der Waals surface area contributed by atoms with Crippen LogP contribution < -0.4 is 15.2 Å². The summed E-state index contributed by atoms with van der Waals surface area (Å²) in [5.74, 6) is 1.56. The standard InChI is InChI=1S/C29H37N7O2/c1-7-29(4,5)36-27(31-32-33-36)26(22-18-21-17-19(2)16-20(3)25(21)30-28(22)37)35-14-12-34(13-15-35)23-10-8-9-11-24(23)38-6/h8-11,16-18,26H,7,12-15H2,1-6H3,(H,30,37)/t26-/m1/s1. The number of aryl methyl sites for hydroxylation is 2. The van der Waals surface area contributed by atoms with Gasteiger partial charge < -0.3 is 14.6 Å². The number of aromatic amines is 1. The largest absolute Gasteiger partial charge is 0.495 e. The highest BCUT2D eigenvalue weighted by Crippen LogP contribution is 2.34. The van der Waals surface area contributed by atoms with Crippen LogP contribution in [0.2, 0.25) is 0 Å². The van der Waals surface area contributed by atoms with Gasteiger partial charge in [-0.2, -0.15) is 0 Å². The summed E-state index contributed by atoms with van der Waals surface area (Å²) in [7, 11) is 1.70. The summed E-state index contributed by atoms with van der Waals surface area (Å²) in [6.45, 7) is 13.6. The molecule has 1 fully saturated rings. The third kappa shape index (κ3) is 4.67. The molecule has 4 aromatic rings. The maximum atomic E-state index is 13.7. The van der Waals surface area contributed by atoms with Gasteiger partial charge in [-0.25, -0.2) is 4.68 Å². The molecule has 0 radical (unpaired) electrons. The number of nitrogens with zero attached hydrogens (tertiary/aromatic N) is 6. The van der Waals surface area contributed by atoms with Gasteiger partial charge in [-0.15, -0.1) is 5.10 Å². The Labute approximate surface area is 223 Å². The predicted molar refractivity (Wildman–Crippen MR) is 150 cm³/mol. The molecule has 0 saturated carbocycles. The fourth-order valence-electron chi connectivity index (χ4n) is 5.46. The molecule has 2 aromatic heterocycles. The summed E-state index contributed by atoms with van der Waals surface area (Å²) in [6, 6.07) is 14.0. The number of fused-ring (bicyclic) bond motifs is 1. The van der Waals surface area contributed by atoms with Crippen LogP contribution in [0.15, 0.2) is 47.3 Å². The highest BCUT2D eigenvalue weighted by molar-refractivity contribution is 5.83. The first-order chi connectivity index (χ1) is 18.2. The van der Waals surface area contributed by atoms with Crippen LogP contribution in [0.4, 0.5) is 5.69 Å². The number of nitrogens with one attached hydrogen (secondary N) is 1. The molecule has 0 amide bonds. The lowest BCUT2D eigenvalue weighted by Crippen LogP contribution is -2.49. The number of rotatable bonds is 7. The Balaban J connectivity index is 1.58. The Morgan fingerprint density at radius 3 is 2.53 bits per heavy atom. The molecule has 1 aliphatic heterocycles. The van der Waals surface area contributed by atoms with Crippen LogP contribution in [-0.4, -0.2) is 63.4 Å². The van der Waals surface area contributed by atoms with Gasteiger partial charge in [-0.05, 0) is 79.8 Å². The topological polar surface area (TPSA) is 92.2 Å². The van der Waals surface area contributed by atoms with E-state index in [0.29, 0.717) is 11.4 Å². The Hall–Kier alpha value is -3.72. The zero-order valence-corrected chi connectivity index (χ0v) is 23.2. The number of methoxy groups -OCH3 is 1. The molecule has 1 saturated heterocycles. The van der Waals surface area contributed by atoms with Crippen LogP contribution in [0.5, 0.6) is 5.75 Å². The van der Waals surface area contributed by atoms with Crippen LogP contribution in [0, 0.1) is 13.8 Å². The van der Waals surface area contributed by atoms with Crippen LogP contribution in [-0.2, 0) is 5.54 Å². The van der Waals surface area contributed by atoms with Gasteiger partial charge in [0.1, 0.15) is 11.8 Å². The first kappa shape index (κ1) is 25.9. The van der Waals surface area contributed by atoms with Crippen LogP contribution in [0.25, 0.3) is 10.9 Å². The van der Waals surface area contributed by atoms with E-state index in [1.54, 1.807) is 7.11 Å². The zero-order valence-electron chi connectivity index (χ0n) is 23.2. The number of anilines is 1.